The molecule has 0 saturated heterocycles. The van der Waals surface area contributed by atoms with Crippen molar-refractivity contribution < 1.29 is 14.3 Å². The molecule has 0 spiro atoms. The van der Waals surface area contributed by atoms with E-state index >= 15 is 0 Å². The van der Waals surface area contributed by atoms with Gasteiger partial charge in [-0.2, -0.15) is 0 Å². The first kappa shape index (κ1) is 17.1. The van der Waals surface area contributed by atoms with Crippen LogP contribution in [0.25, 0.3) is 0 Å². The number of nitrogens with one attached hydrogen (secondary N) is 2. The van der Waals surface area contributed by atoms with Gasteiger partial charge in [-0.25, -0.2) is 0 Å². The van der Waals surface area contributed by atoms with Gasteiger partial charge in [-0.15, -0.1) is 10.2 Å². The number of benzene rings is 2. The van der Waals surface area contributed by atoms with Crippen molar-refractivity contribution in [1.82, 2.24) is 10.2 Å². The predicted molar refractivity (Wildman–Crippen MR) is 102 cm³/mol. The monoisotopic (exact) mass is 382 g/mol. The van der Waals surface area contributed by atoms with Crippen molar-refractivity contribution in [3.05, 3.63) is 65.3 Å². The molecular formula is C19H15ClN4O3. The van der Waals surface area contributed by atoms with E-state index in [1.165, 1.54) is 0 Å². The molecule has 0 radical (unpaired) electrons. The maximum Gasteiger partial charge on any atom is 0.276 e. The number of ether oxygens (including phenoxy) is 2. The van der Waals surface area contributed by atoms with Gasteiger partial charge in [0.2, 0.25) is 0 Å². The highest BCUT2D eigenvalue weighted by molar-refractivity contribution is 6.33. The number of nitrogens with zero attached hydrogens (tertiary/aromatic N) is 2. The molecular weight excluding hydrogens is 368 g/mol. The number of anilines is 3. The zero-order valence-electron chi connectivity index (χ0n) is 14.1. The van der Waals surface area contributed by atoms with Gasteiger partial charge in [0.05, 0.1) is 10.7 Å². The van der Waals surface area contributed by atoms with Crippen LogP contribution < -0.4 is 20.1 Å². The fourth-order valence-electron chi connectivity index (χ4n) is 2.54. The van der Waals surface area contributed by atoms with E-state index in [-0.39, 0.29) is 11.6 Å². The van der Waals surface area contributed by atoms with Crippen molar-refractivity contribution >= 4 is 34.7 Å². The number of hydrogen-bond acceptors (Lipinski definition) is 6. The van der Waals surface area contributed by atoms with Gasteiger partial charge in [-0.1, -0.05) is 23.7 Å². The minimum absolute atomic E-state index is 0.183. The van der Waals surface area contributed by atoms with Crippen LogP contribution in [0.3, 0.4) is 0 Å². The summed E-state index contributed by atoms with van der Waals surface area (Å²) in [5, 5.41) is 14.3. The van der Waals surface area contributed by atoms with Crippen molar-refractivity contribution in [3.63, 3.8) is 0 Å². The molecule has 4 rings (SSSR count). The summed E-state index contributed by atoms with van der Waals surface area (Å²) >= 11 is 6.04. The van der Waals surface area contributed by atoms with Crippen LogP contribution in [0.4, 0.5) is 17.2 Å². The van der Waals surface area contributed by atoms with Crippen LogP contribution in [0.15, 0.2) is 54.6 Å². The minimum atomic E-state index is -0.388. The molecule has 7 nitrogen and oxygen atoms in total. The summed E-state index contributed by atoms with van der Waals surface area (Å²) in [6.07, 6.45) is 0. The van der Waals surface area contributed by atoms with E-state index in [0.29, 0.717) is 41.2 Å². The number of hydrogen-bond donors (Lipinski definition) is 2. The Morgan fingerprint density at radius 2 is 1.78 bits per heavy atom. The van der Waals surface area contributed by atoms with Crippen molar-refractivity contribution in [2.75, 3.05) is 23.8 Å². The second-order valence-electron chi connectivity index (χ2n) is 5.72. The lowest BCUT2D eigenvalue weighted by atomic mass is 10.2. The third-order valence-corrected chi connectivity index (χ3v) is 4.16. The number of fused-ring (bicyclic) bond motifs is 1. The van der Waals surface area contributed by atoms with E-state index in [0.717, 1.165) is 5.69 Å². The van der Waals surface area contributed by atoms with Gasteiger partial charge in [0.1, 0.15) is 13.2 Å². The Morgan fingerprint density at radius 3 is 2.56 bits per heavy atom. The molecule has 1 aliphatic rings. The first-order valence-corrected chi connectivity index (χ1v) is 8.63. The quantitative estimate of drug-likeness (QED) is 0.711. The lowest BCUT2D eigenvalue weighted by Crippen LogP contribution is -2.15. The molecule has 0 atom stereocenters. The Kier molecular flexibility index (Phi) is 4.76. The molecule has 0 bridgehead atoms. The molecule has 136 valence electrons. The summed E-state index contributed by atoms with van der Waals surface area (Å²) in [4.78, 5) is 12.3. The third-order valence-electron chi connectivity index (χ3n) is 3.83. The molecule has 0 fully saturated rings. The molecule has 2 aromatic carbocycles. The first-order chi connectivity index (χ1) is 13.2. The predicted octanol–water partition coefficient (Wildman–Crippen LogP) is 3.90. The van der Waals surface area contributed by atoms with Crippen LogP contribution >= 0.6 is 11.6 Å². The van der Waals surface area contributed by atoms with E-state index < -0.39 is 0 Å². The normalized spacial score (nSPS) is 12.3. The molecule has 1 aliphatic heterocycles. The summed E-state index contributed by atoms with van der Waals surface area (Å²) in [6.45, 7) is 1.06. The molecule has 2 heterocycles. The Morgan fingerprint density at radius 1 is 0.963 bits per heavy atom. The fraction of sp³-hybridized carbons (Fsp3) is 0.105. The van der Waals surface area contributed by atoms with E-state index in [1.54, 1.807) is 36.4 Å². The Balaban J connectivity index is 1.44. The Labute approximate surface area is 160 Å². The van der Waals surface area contributed by atoms with Gasteiger partial charge in [0.15, 0.2) is 23.0 Å². The van der Waals surface area contributed by atoms with Crippen LogP contribution in [0.5, 0.6) is 11.5 Å². The molecule has 0 saturated carbocycles. The molecule has 27 heavy (non-hydrogen) atoms. The summed E-state index contributed by atoms with van der Waals surface area (Å²) in [5.74, 6) is 1.50. The average Bonchev–Trinajstić information content (AvgIpc) is 2.70. The molecule has 0 aliphatic carbocycles. The van der Waals surface area contributed by atoms with Gasteiger partial charge >= 0.3 is 0 Å². The minimum Gasteiger partial charge on any atom is -0.486 e. The van der Waals surface area contributed by atoms with Gasteiger partial charge in [-0.3, -0.25) is 4.79 Å². The van der Waals surface area contributed by atoms with Gasteiger partial charge in [-0.05, 0) is 36.4 Å². The number of amides is 1. The Hall–Kier alpha value is -3.32. The zero-order valence-corrected chi connectivity index (χ0v) is 14.9. The highest BCUT2D eigenvalue weighted by atomic mass is 35.5. The average molecular weight is 383 g/mol. The van der Waals surface area contributed by atoms with Crippen LogP contribution in [-0.4, -0.2) is 29.3 Å². The van der Waals surface area contributed by atoms with Gasteiger partial charge in [0.25, 0.3) is 5.91 Å². The third kappa shape index (κ3) is 3.93. The largest absolute Gasteiger partial charge is 0.486 e. The molecule has 3 aromatic rings. The SMILES string of the molecule is O=C(Nc1ccccc1Cl)c1ccc(Nc2ccc3c(c2)OCCO3)nn1. The van der Waals surface area contributed by atoms with Gasteiger partial charge < -0.3 is 20.1 Å². The Bertz CT molecular complexity index is 979. The van der Waals surface area contributed by atoms with E-state index in [2.05, 4.69) is 20.8 Å². The zero-order chi connectivity index (χ0) is 18.6. The number of rotatable bonds is 4. The topological polar surface area (TPSA) is 85.4 Å². The van der Waals surface area contributed by atoms with Crippen LogP contribution in [0.2, 0.25) is 5.02 Å². The summed E-state index contributed by atoms with van der Waals surface area (Å²) in [5.41, 5.74) is 1.48. The number of aromatic nitrogens is 2. The second kappa shape index (κ2) is 7.51. The molecule has 1 aromatic heterocycles. The molecule has 8 heteroatoms. The van der Waals surface area contributed by atoms with E-state index in [4.69, 9.17) is 21.1 Å². The number of carbonyl (C=O) groups excluding carboxylic acids is 1. The van der Waals surface area contributed by atoms with E-state index in [1.807, 2.05) is 18.2 Å². The smallest absolute Gasteiger partial charge is 0.276 e. The standard InChI is InChI=1S/C19H15ClN4O3/c20-13-3-1-2-4-14(13)22-19(25)15-6-8-18(24-23-15)21-12-5-7-16-17(11-12)27-10-9-26-16/h1-8,11H,9-10H2,(H,21,24)(H,22,25). The second-order valence-corrected chi connectivity index (χ2v) is 6.13. The highest BCUT2D eigenvalue weighted by Crippen LogP contribution is 2.33. The first-order valence-electron chi connectivity index (χ1n) is 8.25. The molecule has 0 unspecified atom stereocenters. The number of para-hydroxylation sites is 1. The summed E-state index contributed by atoms with van der Waals surface area (Å²) in [6, 6.07) is 15.8. The van der Waals surface area contributed by atoms with Crippen molar-refractivity contribution in [3.8, 4) is 11.5 Å². The van der Waals surface area contributed by atoms with E-state index in [9.17, 15) is 4.79 Å². The molecule has 1 amide bonds. The lowest BCUT2D eigenvalue weighted by Gasteiger charge is -2.19. The highest BCUT2D eigenvalue weighted by Gasteiger charge is 2.13. The molecule has 2 N–H and O–H groups in total. The van der Waals surface area contributed by atoms with Crippen molar-refractivity contribution in [2.24, 2.45) is 0 Å². The number of carbonyl (C=O) groups is 1. The van der Waals surface area contributed by atoms with Crippen molar-refractivity contribution in [1.29, 1.82) is 0 Å². The van der Waals surface area contributed by atoms with Crippen LogP contribution in [0, 0.1) is 0 Å². The number of halogens is 1. The maximum absolute atomic E-state index is 12.3. The fourth-order valence-corrected chi connectivity index (χ4v) is 2.72. The maximum atomic E-state index is 12.3. The van der Waals surface area contributed by atoms with Crippen molar-refractivity contribution in [2.45, 2.75) is 0 Å². The lowest BCUT2D eigenvalue weighted by molar-refractivity contribution is 0.102. The van der Waals surface area contributed by atoms with Crippen LogP contribution in [-0.2, 0) is 0 Å². The summed E-state index contributed by atoms with van der Waals surface area (Å²) in [7, 11) is 0. The summed E-state index contributed by atoms with van der Waals surface area (Å²) < 4.78 is 11.0. The van der Waals surface area contributed by atoms with Gasteiger partial charge in [0, 0.05) is 11.8 Å². The van der Waals surface area contributed by atoms with Crippen LogP contribution in [0.1, 0.15) is 10.5 Å².